The fraction of sp³-hybridized carbons (Fsp3) is 0.368. The Morgan fingerprint density at radius 3 is 2.64 bits per heavy atom. The van der Waals surface area contributed by atoms with Crippen molar-refractivity contribution >= 4 is 17.6 Å². The van der Waals surface area contributed by atoms with Crippen molar-refractivity contribution in [3.05, 3.63) is 63.9 Å². The van der Waals surface area contributed by atoms with E-state index in [2.05, 4.69) is 23.1 Å². The zero-order valence-electron chi connectivity index (χ0n) is 14.0. The van der Waals surface area contributed by atoms with E-state index in [0.29, 0.717) is 13.1 Å². The summed E-state index contributed by atoms with van der Waals surface area (Å²) in [6.45, 7) is 2.87. The number of amides is 2. The lowest BCUT2D eigenvalue weighted by Gasteiger charge is -2.39. The number of hydrogen-bond donors (Lipinski definition) is 1. The molecule has 1 unspecified atom stereocenters. The van der Waals surface area contributed by atoms with Crippen molar-refractivity contribution in [2.24, 2.45) is 5.73 Å². The van der Waals surface area contributed by atoms with Crippen molar-refractivity contribution in [2.75, 3.05) is 26.2 Å². The van der Waals surface area contributed by atoms with Gasteiger partial charge in [0.15, 0.2) is 0 Å². The van der Waals surface area contributed by atoms with Crippen LogP contribution in [0.4, 0.5) is 4.79 Å². The number of halogens is 1. The normalized spacial score (nSPS) is 20.5. The van der Waals surface area contributed by atoms with Crippen LogP contribution in [0, 0.1) is 0 Å². The van der Waals surface area contributed by atoms with Gasteiger partial charge < -0.3 is 10.6 Å². The first-order valence-corrected chi connectivity index (χ1v) is 9.02. The van der Waals surface area contributed by atoms with Gasteiger partial charge in [-0.2, -0.15) is 0 Å². The fourth-order valence-electron chi connectivity index (χ4n) is 3.95. The molecule has 1 fully saturated rings. The standard InChI is InChI=1S/C19H21ClN4O/c20-15-5-6-16-14(12-15)4-3-13-2-1-7-22-17(13)18(16)23-8-10-24(11-9-23)19(21)25/h1-2,5-7,12,18H,3-4,8-11H2,(H2,21,25). The third-order valence-corrected chi connectivity index (χ3v) is 5.47. The first-order valence-electron chi connectivity index (χ1n) is 8.64. The van der Waals surface area contributed by atoms with Gasteiger partial charge in [-0.3, -0.25) is 9.88 Å². The third kappa shape index (κ3) is 3.10. The molecule has 2 heterocycles. The molecule has 0 spiro atoms. The molecule has 2 N–H and O–H groups in total. The Hall–Kier alpha value is -2.11. The highest BCUT2D eigenvalue weighted by molar-refractivity contribution is 6.30. The van der Waals surface area contributed by atoms with E-state index in [9.17, 15) is 4.79 Å². The largest absolute Gasteiger partial charge is 0.351 e. The molecule has 0 bridgehead atoms. The van der Waals surface area contributed by atoms with Gasteiger partial charge in [0.25, 0.3) is 0 Å². The third-order valence-electron chi connectivity index (χ3n) is 5.24. The molecule has 25 heavy (non-hydrogen) atoms. The number of benzene rings is 1. The second-order valence-corrected chi connectivity index (χ2v) is 7.09. The molecule has 2 amide bonds. The maximum absolute atomic E-state index is 11.4. The Balaban J connectivity index is 1.74. The Labute approximate surface area is 152 Å². The van der Waals surface area contributed by atoms with Gasteiger partial charge in [-0.05, 0) is 47.7 Å². The SMILES string of the molecule is NC(=O)N1CCN(C2c3ccc(Cl)cc3CCc3cccnc32)CC1. The highest BCUT2D eigenvalue weighted by Gasteiger charge is 2.32. The van der Waals surface area contributed by atoms with Crippen LogP contribution in [0.3, 0.4) is 0 Å². The highest BCUT2D eigenvalue weighted by Crippen LogP contribution is 2.37. The van der Waals surface area contributed by atoms with Crippen molar-refractivity contribution in [1.82, 2.24) is 14.8 Å². The predicted molar refractivity (Wildman–Crippen MR) is 97.7 cm³/mol. The molecule has 1 aromatic heterocycles. The highest BCUT2D eigenvalue weighted by atomic mass is 35.5. The number of urea groups is 1. The lowest BCUT2D eigenvalue weighted by atomic mass is 9.96. The summed E-state index contributed by atoms with van der Waals surface area (Å²) in [5.74, 6) is 0. The van der Waals surface area contributed by atoms with E-state index in [4.69, 9.17) is 22.3 Å². The maximum Gasteiger partial charge on any atom is 0.314 e. The van der Waals surface area contributed by atoms with Crippen LogP contribution in [0.1, 0.15) is 28.4 Å². The summed E-state index contributed by atoms with van der Waals surface area (Å²) >= 11 is 6.24. The number of aryl methyl sites for hydroxylation is 2. The molecule has 5 nitrogen and oxygen atoms in total. The van der Waals surface area contributed by atoms with Crippen molar-refractivity contribution in [2.45, 2.75) is 18.9 Å². The Morgan fingerprint density at radius 2 is 1.88 bits per heavy atom. The van der Waals surface area contributed by atoms with Crippen molar-refractivity contribution < 1.29 is 4.79 Å². The number of fused-ring (bicyclic) bond motifs is 2. The molecule has 1 aliphatic carbocycles. The van der Waals surface area contributed by atoms with Crippen LogP contribution in [0.5, 0.6) is 0 Å². The average molecular weight is 357 g/mol. The quantitative estimate of drug-likeness (QED) is 0.854. The molecule has 130 valence electrons. The zero-order valence-corrected chi connectivity index (χ0v) is 14.7. The van der Waals surface area contributed by atoms with Crippen molar-refractivity contribution in [3.8, 4) is 0 Å². The van der Waals surface area contributed by atoms with E-state index in [0.717, 1.165) is 36.6 Å². The van der Waals surface area contributed by atoms with Gasteiger partial charge in [0.05, 0.1) is 11.7 Å². The molecule has 4 rings (SSSR count). The van der Waals surface area contributed by atoms with Gasteiger partial charge in [0, 0.05) is 37.4 Å². The van der Waals surface area contributed by atoms with Gasteiger partial charge in [-0.25, -0.2) is 4.79 Å². The zero-order chi connectivity index (χ0) is 17.4. The molecule has 6 heteroatoms. The van der Waals surface area contributed by atoms with Crippen LogP contribution in [0.15, 0.2) is 36.5 Å². The van der Waals surface area contributed by atoms with Gasteiger partial charge in [-0.1, -0.05) is 23.7 Å². The number of pyridine rings is 1. The number of rotatable bonds is 1. The summed E-state index contributed by atoms with van der Waals surface area (Å²) in [6, 6.07) is 10.1. The summed E-state index contributed by atoms with van der Waals surface area (Å²) in [7, 11) is 0. The second-order valence-electron chi connectivity index (χ2n) is 6.65. The number of nitrogens with two attached hydrogens (primary N) is 1. The first kappa shape index (κ1) is 16.4. The Kier molecular flexibility index (Phi) is 4.36. The van der Waals surface area contributed by atoms with Gasteiger partial charge in [0.1, 0.15) is 0 Å². The monoisotopic (exact) mass is 356 g/mol. The Morgan fingerprint density at radius 1 is 1.12 bits per heavy atom. The molecule has 1 atom stereocenters. The Bertz CT molecular complexity index is 802. The van der Waals surface area contributed by atoms with Crippen molar-refractivity contribution in [1.29, 1.82) is 0 Å². The lowest BCUT2D eigenvalue weighted by Crippen LogP contribution is -2.51. The second kappa shape index (κ2) is 6.65. The molecule has 2 aromatic rings. The summed E-state index contributed by atoms with van der Waals surface area (Å²) in [5, 5.41) is 0.773. The van der Waals surface area contributed by atoms with Gasteiger partial charge >= 0.3 is 6.03 Å². The molecule has 1 saturated heterocycles. The number of nitrogens with zero attached hydrogens (tertiary/aromatic N) is 3. The molecule has 0 radical (unpaired) electrons. The topological polar surface area (TPSA) is 62.5 Å². The maximum atomic E-state index is 11.4. The molecular weight excluding hydrogens is 336 g/mol. The van der Waals surface area contributed by atoms with E-state index >= 15 is 0 Å². The number of aromatic nitrogens is 1. The number of carbonyl (C=O) groups is 1. The molecular formula is C19H21ClN4O. The number of carbonyl (C=O) groups excluding carboxylic acids is 1. The summed E-state index contributed by atoms with van der Waals surface area (Å²) < 4.78 is 0. The smallest absolute Gasteiger partial charge is 0.314 e. The molecule has 2 aliphatic rings. The van der Waals surface area contributed by atoms with E-state index < -0.39 is 0 Å². The average Bonchev–Trinajstić information content (AvgIpc) is 2.78. The van der Waals surface area contributed by atoms with Gasteiger partial charge in [0.2, 0.25) is 0 Å². The first-order chi connectivity index (χ1) is 12.1. The number of hydrogen-bond acceptors (Lipinski definition) is 3. The molecule has 1 aliphatic heterocycles. The minimum absolute atomic E-state index is 0.0981. The summed E-state index contributed by atoms with van der Waals surface area (Å²) in [4.78, 5) is 20.3. The van der Waals surface area contributed by atoms with Crippen LogP contribution in [0.25, 0.3) is 0 Å². The van der Waals surface area contributed by atoms with Crippen LogP contribution in [-0.2, 0) is 12.8 Å². The van der Waals surface area contributed by atoms with Crippen LogP contribution in [0.2, 0.25) is 5.02 Å². The summed E-state index contributed by atoms with van der Waals surface area (Å²) in [6.07, 6.45) is 3.80. The lowest BCUT2D eigenvalue weighted by molar-refractivity contribution is 0.123. The van der Waals surface area contributed by atoms with E-state index in [1.807, 2.05) is 18.3 Å². The van der Waals surface area contributed by atoms with E-state index in [1.54, 1.807) is 4.90 Å². The molecule has 1 aromatic carbocycles. The van der Waals surface area contributed by atoms with E-state index in [1.165, 1.54) is 16.7 Å². The number of primary amides is 1. The van der Waals surface area contributed by atoms with Gasteiger partial charge in [-0.15, -0.1) is 0 Å². The fourth-order valence-corrected chi connectivity index (χ4v) is 4.15. The number of piperazine rings is 1. The van der Waals surface area contributed by atoms with E-state index in [-0.39, 0.29) is 12.1 Å². The van der Waals surface area contributed by atoms with Crippen LogP contribution < -0.4 is 5.73 Å². The predicted octanol–water partition coefficient (Wildman–Crippen LogP) is 2.62. The van der Waals surface area contributed by atoms with Crippen LogP contribution in [-0.4, -0.2) is 47.0 Å². The molecule has 0 saturated carbocycles. The minimum Gasteiger partial charge on any atom is -0.351 e. The van der Waals surface area contributed by atoms with Crippen LogP contribution >= 0.6 is 11.6 Å². The summed E-state index contributed by atoms with van der Waals surface area (Å²) in [5.41, 5.74) is 10.4. The van der Waals surface area contributed by atoms with Crippen molar-refractivity contribution in [3.63, 3.8) is 0 Å². The minimum atomic E-state index is -0.341.